The van der Waals surface area contributed by atoms with Gasteiger partial charge in [-0.1, -0.05) is 26.0 Å². The lowest BCUT2D eigenvalue weighted by Crippen LogP contribution is -2.25. The van der Waals surface area contributed by atoms with Crippen molar-refractivity contribution in [3.05, 3.63) is 29.3 Å². The SMILES string of the molecule is CCN1CCc2cc(C3(N)CC3(C)C)ccc21. The second kappa shape index (κ2) is 3.26. The second-order valence-corrected chi connectivity index (χ2v) is 6.21. The predicted molar refractivity (Wildman–Crippen MR) is 72.3 cm³/mol. The normalized spacial score (nSPS) is 29.3. The lowest BCUT2D eigenvalue weighted by atomic mass is 9.95. The van der Waals surface area contributed by atoms with Gasteiger partial charge in [-0.3, -0.25) is 0 Å². The van der Waals surface area contributed by atoms with E-state index in [0.717, 1.165) is 19.5 Å². The van der Waals surface area contributed by atoms with Crippen molar-refractivity contribution in [3.8, 4) is 0 Å². The quantitative estimate of drug-likeness (QED) is 0.846. The molecule has 1 saturated carbocycles. The highest BCUT2D eigenvalue weighted by Crippen LogP contribution is 2.60. The Labute approximate surface area is 104 Å². The molecule has 2 aliphatic rings. The average Bonchev–Trinajstić information content (AvgIpc) is 2.68. The number of nitrogens with two attached hydrogens (primary N) is 1. The van der Waals surface area contributed by atoms with Gasteiger partial charge in [0.1, 0.15) is 0 Å². The molecule has 1 aliphatic heterocycles. The number of hydrogen-bond donors (Lipinski definition) is 1. The fourth-order valence-corrected chi connectivity index (χ4v) is 3.22. The van der Waals surface area contributed by atoms with Crippen LogP contribution in [0.5, 0.6) is 0 Å². The topological polar surface area (TPSA) is 29.3 Å². The minimum atomic E-state index is -0.0817. The van der Waals surface area contributed by atoms with Crippen LogP contribution in [0.4, 0.5) is 5.69 Å². The van der Waals surface area contributed by atoms with Gasteiger partial charge in [0.2, 0.25) is 0 Å². The van der Waals surface area contributed by atoms with Crippen molar-refractivity contribution in [2.75, 3.05) is 18.0 Å². The van der Waals surface area contributed by atoms with Crippen molar-refractivity contribution in [1.82, 2.24) is 0 Å². The van der Waals surface area contributed by atoms with E-state index in [0.29, 0.717) is 0 Å². The molecular formula is C15H22N2. The molecule has 2 nitrogen and oxygen atoms in total. The summed E-state index contributed by atoms with van der Waals surface area (Å²) in [7, 11) is 0. The van der Waals surface area contributed by atoms with E-state index < -0.39 is 0 Å². The molecule has 3 rings (SSSR count). The molecule has 1 fully saturated rings. The van der Waals surface area contributed by atoms with Gasteiger partial charge >= 0.3 is 0 Å². The first-order valence-corrected chi connectivity index (χ1v) is 6.65. The molecule has 1 heterocycles. The number of hydrogen-bond acceptors (Lipinski definition) is 2. The maximum Gasteiger partial charge on any atom is 0.0468 e. The van der Waals surface area contributed by atoms with Gasteiger partial charge in [0.15, 0.2) is 0 Å². The van der Waals surface area contributed by atoms with Crippen LogP contribution < -0.4 is 10.6 Å². The summed E-state index contributed by atoms with van der Waals surface area (Å²) in [5, 5.41) is 0. The van der Waals surface area contributed by atoms with Gasteiger partial charge in [0.05, 0.1) is 0 Å². The molecule has 1 atom stereocenters. The van der Waals surface area contributed by atoms with Crippen LogP contribution in [0.3, 0.4) is 0 Å². The van der Waals surface area contributed by atoms with E-state index in [2.05, 4.69) is 43.9 Å². The van der Waals surface area contributed by atoms with Crippen molar-refractivity contribution in [2.24, 2.45) is 11.1 Å². The van der Waals surface area contributed by atoms with Crippen LogP contribution in [0.1, 0.15) is 38.3 Å². The second-order valence-electron chi connectivity index (χ2n) is 6.21. The predicted octanol–water partition coefficient (Wildman–Crippen LogP) is 2.65. The third-order valence-electron chi connectivity index (χ3n) is 4.77. The highest BCUT2D eigenvalue weighted by atomic mass is 15.1. The molecule has 1 unspecified atom stereocenters. The van der Waals surface area contributed by atoms with Crippen LogP contribution in [-0.4, -0.2) is 13.1 Å². The molecule has 92 valence electrons. The first-order valence-electron chi connectivity index (χ1n) is 6.65. The highest BCUT2D eigenvalue weighted by Gasteiger charge is 2.59. The molecule has 0 aromatic heterocycles. The molecule has 2 heteroatoms. The van der Waals surface area contributed by atoms with Crippen molar-refractivity contribution in [2.45, 2.75) is 39.2 Å². The summed E-state index contributed by atoms with van der Waals surface area (Å²) in [6.45, 7) is 9.01. The first kappa shape index (κ1) is 11.1. The van der Waals surface area contributed by atoms with Gasteiger partial charge in [-0.15, -0.1) is 0 Å². The van der Waals surface area contributed by atoms with Gasteiger partial charge in [-0.25, -0.2) is 0 Å². The van der Waals surface area contributed by atoms with E-state index in [1.165, 1.54) is 23.2 Å². The molecular weight excluding hydrogens is 208 g/mol. The van der Waals surface area contributed by atoms with Crippen molar-refractivity contribution in [1.29, 1.82) is 0 Å². The van der Waals surface area contributed by atoms with Crippen LogP contribution in [-0.2, 0) is 12.0 Å². The third kappa shape index (κ3) is 1.43. The molecule has 1 aromatic carbocycles. The largest absolute Gasteiger partial charge is 0.371 e. The number of nitrogens with zero attached hydrogens (tertiary/aromatic N) is 1. The van der Waals surface area contributed by atoms with Gasteiger partial charge in [0, 0.05) is 24.3 Å². The van der Waals surface area contributed by atoms with E-state index in [1.54, 1.807) is 0 Å². The summed E-state index contributed by atoms with van der Waals surface area (Å²) in [6, 6.07) is 6.85. The maximum atomic E-state index is 6.49. The third-order valence-corrected chi connectivity index (χ3v) is 4.77. The van der Waals surface area contributed by atoms with E-state index in [-0.39, 0.29) is 11.0 Å². The van der Waals surface area contributed by atoms with Gasteiger partial charge in [-0.2, -0.15) is 0 Å². The lowest BCUT2D eigenvalue weighted by Gasteiger charge is -2.19. The summed E-state index contributed by atoms with van der Waals surface area (Å²) in [6.07, 6.45) is 2.28. The summed E-state index contributed by atoms with van der Waals surface area (Å²) in [5.41, 5.74) is 10.9. The molecule has 0 amide bonds. The zero-order valence-corrected chi connectivity index (χ0v) is 11.1. The van der Waals surface area contributed by atoms with Crippen LogP contribution in [0.25, 0.3) is 0 Å². The minimum Gasteiger partial charge on any atom is -0.371 e. The van der Waals surface area contributed by atoms with Crippen molar-refractivity contribution < 1.29 is 0 Å². The summed E-state index contributed by atoms with van der Waals surface area (Å²) < 4.78 is 0. The number of likely N-dealkylation sites (N-methyl/N-ethyl adjacent to an activating group) is 1. The molecule has 0 radical (unpaired) electrons. The number of benzene rings is 1. The van der Waals surface area contributed by atoms with E-state index >= 15 is 0 Å². The minimum absolute atomic E-state index is 0.0817. The van der Waals surface area contributed by atoms with E-state index in [4.69, 9.17) is 5.73 Å². The Bertz CT molecular complexity index is 464. The van der Waals surface area contributed by atoms with Crippen LogP contribution >= 0.6 is 0 Å². The van der Waals surface area contributed by atoms with Gasteiger partial charge < -0.3 is 10.6 Å². The Kier molecular flexibility index (Phi) is 2.13. The standard InChI is InChI=1S/C15H22N2/c1-4-17-8-7-11-9-12(5-6-13(11)17)15(16)10-14(15,2)3/h5-6,9H,4,7-8,10,16H2,1-3H3. The molecule has 0 bridgehead atoms. The van der Waals surface area contributed by atoms with Gasteiger partial charge in [0.25, 0.3) is 0 Å². The first-order chi connectivity index (χ1) is 7.98. The number of anilines is 1. The molecule has 17 heavy (non-hydrogen) atoms. The Morgan fingerprint density at radius 2 is 2.06 bits per heavy atom. The molecule has 0 saturated heterocycles. The Balaban J connectivity index is 1.96. The van der Waals surface area contributed by atoms with E-state index in [1.807, 2.05) is 0 Å². The van der Waals surface area contributed by atoms with Crippen molar-refractivity contribution in [3.63, 3.8) is 0 Å². The summed E-state index contributed by atoms with van der Waals surface area (Å²) >= 11 is 0. The smallest absolute Gasteiger partial charge is 0.0468 e. The van der Waals surface area contributed by atoms with Crippen LogP contribution in [0.15, 0.2) is 18.2 Å². The zero-order valence-electron chi connectivity index (χ0n) is 11.1. The molecule has 0 spiro atoms. The van der Waals surface area contributed by atoms with E-state index in [9.17, 15) is 0 Å². The number of fused-ring (bicyclic) bond motifs is 1. The highest BCUT2D eigenvalue weighted by molar-refractivity contribution is 5.60. The monoisotopic (exact) mass is 230 g/mol. The fourth-order valence-electron chi connectivity index (χ4n) is 3.22. The van der Waals surface area contributed by atoms with Gasteiger partial charge in [-0.05, 0) is 42.4 Å². The maximum absolute atomic E-state index is 6.49. The molecule has 1 aromatic rings. The van der Waals surface area contributed by atoms with Crippen LogP contribution in [0, 0.1) is 5.41 Å². The summed E-state index contributed by atoms with van der Waals surface area (Å²) in [4.78, 5) is 2.44. The Hall–Kier alpha value is -1.02. The summed E-state index contributed by atoms with van der Waals surface area (Å²) in [5.74, 6) is 0. The Morgan fingerprint density at radius 3 is 2.65 bits per heavy atom. The lowest BCUT2D eigenvalue weighted by molar-refractivity contribution is 0.510. The molecule has 2 N–H and O–H groups in total. The molecule has 1 aliphatic carbocycles. The van der Waals surface area contributed by atoms with Crippen molar-refractivity contribution >= 4 is 5.69 Å². The Morgan fingerprint density at radius 1 is 1.35 bits per heavy atom. The number of rotatable bonds is 2. The average molecular weight is 230 g/mol. The zero-order chi connectivity index (χ0) is 12.3. The van der Waals surface area contributed by atoms with Crippen LogP contribution in [0.2, 0.25) is 0 Å². The fraction of sp³-hybridized carbons (Fsp3) is 0.600.